The summed E-state index contributed by atoms with van der Waals surface area (Å²) in [5, 5.41) is 10.9. The van der Waals surface area contributed by atoms with Crippen LogP contribution in [-0.2, 0) is 19.2 Å². The molecule has 0 aromatic heterocycles. The Kier molecular flexibility index (Phi) is 5.37. The van der Waals surface area contributed by atoms with Gasteiger partial charge in [0, 0.05) is 24.1 Å². The minimum Gasteiger partial charge on any atom is -0.508 e. The van der Waals surface area contributed by atoms with Crippen LogP contribution < -0.4 is 4.74 Å². The van der Waals surface area contributed by atoms with Gasteiger partial charge in [0.15, 0.2) is 9.75 Å². The molecule has 8 nitrogen and oxygen atoms in total. The molecule has 3 fully saturated rings. The van der Waals surface area contributed by atoms with Crippen molar-refractivity contribution >= 4 is 46.8 Å². The second-order valence-electron chi connectivity index (χ2n) is 11.1. The van der Waals surface area contributed by atoms with Crippen molar-refractivity contribution in [1.82, 2.24) is 9.80 Å². The number of alkyl halides is 2. The van der Waals surface area contributed by atoms with Gasteiger partial charge < -0.3 is 9.84 Å². The topological polar surface area (TPSA) is 104 Å². The van der Waals surface area contributed by atoms with Crippen LogP contribution in [-0.4, -0.2) is 68.0 Å². The van der Waals surface area contributed by atoms with Gasteiger partial charge in [-0.3, -0.25) is 29.0 Å². The number of carbonyl (C=O) groups is 4. The minimum atomic E-state index is -1.95. The third-order valence-corrected chi connectivity index (χ3v) is 9.64. The number of allylic oxidation sites excluding steroid dienone is 2. The standard InChI is InChI=1S/C26H28Cl2N2O6/c1-24(2,3)30-20(32)14-8-7-13-16(18(14)21(30)33)11-25(27)22(34)29(4)23(35)26(25,28)19(13)15-10-12(36-5)6-9-17(15)31/h6-7,9-10,14,16,18-19,31H,8,11H2,1-5H3. The van der Waals surface area contributed by atoms with Crippen LogP contribution in [0.4, 0.5) is 0 Å². The van der Waals surface area contributed by atoms with E-state index in [1.165, 1.54) is 25.1 Å². The maximum absolute atomic E-state index is 13.7. The zero-order valence-corrected chi connectivity index (χ0v) is 22.2. The van der Waals surface area contributed by atoms with Crippen LogP contribution in [0.5, 0.6) is 11.5 Å². The molecule has 1 N–H and O–H groups in total. The highest BCUT2D eigenvalue weighted by atomic mass is 35.5. The molecule has 1 aromatic carbocycles. The van der Waals surface area contributed by atoms with E-state index in [1.54, 1.807) is 32.9 Å². The van der Waals surface area contributed by atoms with Crippen LogP contribution in [0.3, 0.4) is 0 Å². The molecule has 5 rings (SSSR count). The van der Waals surface area contributed by atoms with Gasteiger partial charge in [0.2, 0.25) is 11.8 Å². The van der Waals surface area contributed by atoms with Gasteiger partial charge in [0.25, 0.3) is 11.8 Å². The molecule has 0 spiro atoms. The van der Waals surface area contributed by atoms with E-state index in [0.717, 1.165) is 4.90 Å². The number of phenolic OH excluding ortho intramolecular Hbond substituents is 1. The molecular weight excluding hydrogens is 507 g/mol. The van der Waals surface area contributed by atoms with Gasteiger partial charge in [0.1, 0.15) is 11.5 Å². The van der Waals surface area contributed by atoms with E-state index in [9.17, 15) is 24.3 Å². The van der Waals surface area contributed by atoms with E-state index in [1.807, 2.05) is 6.08 Å². The van der Waals surface area contributed by atoms with Gasteiger partial charge in [-0.1, -0.05) is 11.6 Å². The number of hydrogen-bond acceptors (Lipinski definition) is 6. The number of nitrogens with zero attached hydrogens (tertiary/aromatic N) is 2. The Morgan fingerprint density at radius 3 is 2.33 bits per heavy atom. The molecule has 1 aromatic rings. The molecule has 1 saturated carbocycles. The van der Waals surface area contributed by atoms with Gasteiger partial charge in [-0.15, -0.1) is 23.2 Å². The quantitative estimate of drug-likeness (QED) is 0.355. The van der Waals surface area contributed by atoms with E-state index >= 15 is 0 Å². The van der Waals surface area contributed by atoms with Crippen molar-refractivity contribution in [2.75, 3.05) is 14.2 Å². The molecule has 192 valence electrons. The fourth-order valence-electron chi connectivity index (χ4n) is 6.64. The zero-order chi connectivity index (χ0) is 26.5. The van der Waals surface area contributed by atoms with E-state index in [-0.39, 0.29) is 36.0 Å². The molecule has 2 saturated heterocycles. The van der Waals surface area contributed by atoms with Crippen LogP contribution in [0.15, 0.2) is 29.8 Å². The predicted octanol–water partition coefficient (Wildman–Crippen LogP) is 3.19. The van der Waals surface area contributed by atoms with E-state index < -0.39 is 50.8 Å². The lowest BCUT2D eigenvalue weighted by molar-refractivity contribution is -0.146. The Bertz CT molecular complexity index is 1260. The molecule has 4 aliphatic rings. The Labute approximate surface area is 219 Å². The summed E-state index contributed by atoms with van der Waals surface area (Å²) in [6, 6.07) is 4.56. The molecule has 6 atom stereocenters. The summed E-state index contributed by atoms with van der Waals surface area (Å²) in [5.74, 6) is -4.67. The summed E-state index contributed by atoms with van der Waals surface area (Å²) < 4.78 is 5.35. The van der Waals surface area contributed by atoms with E-state index in [4.69, 9.17) is 27.9 Å². The van der Waals surface area contributed by atoms with E-state index in [2.05, 4.69) is 0 Å². The van der Waals surface area contributed by atoms with Crippen molar-refractivity contribution < 1.29 is 29.0 Å². The Hall–Kier alpha value is -2.58. The Morgan fingerprint density at radius 1 is 1.06 bits per heavy atom. The molecule has 2 aliphatic carbocycles. The van der Waals surface area contributed by atoms with Crippen molar-refractivity contribution in [2.45, 2.75) is 54.8 Å². The number of benzene rings is 1. The maximum atomic E-state index is 13.7. The van der Waals surface area contributed by atoms with Crippen LogP contribution >= 0.6 is 23.2 Å². The average Bonchev–Trinajstić information content (AvgIpc) is 3.15. The molecule has 6 unspecified atom stereocenters. The SMILES string of the molecule is COc1ccc(O)c(C2C3=CCC4C(=O)N(C(C)(C)C)C(=O)C4C3CC3(Cl)C(=O)N(C)C(=O)C23Cl)c1. The summed E-state index contributed by atoms with van der Waals surface area (Å²) in [5.41, 5.74) is 0.170. The first kappa shape index (κ1) is 25.1. The van der Waals surface area contributed by atoms with Gasteiger partial charge in [-0.25, -0.2) is 0 Å². The van der Waals surface area contributed by atoms with Gasteiger partial charge >= 0.3 is 0 Å². The highest BCUT2D eigenvalue weighted by Crippen LogP contribution is 2.66. The van der Waals surface area contributed by atoms with Crippen molar-refractivity contribution in [2.24, 2.45) is 17.8 Å². The van der Waals surface area contributed by atoms with Crippen molar-refractivity contribution in [3.05, 3.63) is 35.4 Å². The van der Waals surface area contributed by atoms with Crippen LogP contribution in [0.1, 0.15) is 45.1 Å². The van der Waals surface area contributed by atoms with E-state index in [0.29, 0.717) is 11.3 Å². The number of aromatic hydroxyl groups is 1. The largest absolute Gasteiger partial charge is 0.508 e. The summed E-state index contributed by atoms with van der Waals surface area (Å²) >= 11 is 14.2. The average molecular weight is 535 g/mol. The second kappa shape index (κ2) is 7.71. The molecule has 10 heteroatoms. The number of halogens is 2. The lowest BCUT2D eigenvalue weighted by Gasteiger charge is -2.50. The summed E-state index contributed by atoms with van der Waals surface area (Å²) in [7, 11) is 2.79. The Morgan fingerprint density at radius 2 is 1.72 bits per heavy atom. The maximum Gasteiger partial charge on any atom is 0.253 e. The predicted molar refractivity (Wildman–Crippen MR) is 132 cm³/mol. The highest BCUT2D eigenvalue weighted by molar-refractivity contribution is 6.53. The lowest BCUT2D eigenvalue weighted by atomic mass is 9.56. The summed E-state index contributed by atoms with van der Waals surface area (Å²) in [6.07, 6.45) is 2.02. The van der Waals surface area contributed by atoms with Crippen molar-refractivity contribution in [1.29, 1.82) is 0 Å². The fourth-order valence-corrected chi connectivity index (χ4v) is 7.65. The minimum absolute atomic E-state index is 0.0851. The third kappa shape index (κ3) is 2.94. The smallest absolute Gasteiger partial charge is 0.253 e. The van der Waals surface area contributed by atoms with Crippen LogP contribution in [0.25, 0.3) is 0 Å². The van der Waals surface area contributed by atoms with Crippen molar-refractivity contribution in [3.63, 3.8) is 0 Å². The molecule has 36 heavy (non-hydrogen) atoms. The van der Waals surface area contributed by atoms with Crippen molar-refractivity contribution in [3.8, 4) is 11.5 Å². The van der Waals surface area contributed by atoms with Gasteiger partial charge in [0.05, 0.1) is 18.9 Å². The van der Waals surface area contributed by atoms with Gasteiger partial charge in [-0.2, -0.15) is 0 Å². The number of fused-ring (bicyclic) bond motifs is 4. The number of likely N-dealkylation sites (tertiary alicyclic amines) is 2. The Balaban J connectivity index is 1.75. The summed E-state index contributed by atoms with van der Waals surface area (Å²) in [4.78, 5) is 52.4. The normalized spacial score (nSPS) is 36.0. The number of phenols is 1. The fraction of sp³-hybridized carbons (Fsp3) is 0.538. The first-order valence-electron chi connectivity index (χ1n) is 11.8. The number of carbonyl (C=O) groups excluding carboxylic acids is 4. The molecular formula is C26H28Cl2N2O6. The first-order valence-corrected chi connectivity index (χ1v) is 12.6. The second-order valence-corrected chi connectivity index (χ2v) is 12.3. The molecule has 4 amide bonds. The molecule has 0 radical (unpaired) electrons. The third-order valence-electron chi connectivity index (χ3n) is 8.23. The van der Waals surface area contributed by atoms with Crippen LogP contribution in [0, 0.1) is 17.8 Å². The highest BCUT2D eigenvalue weighted by Gasteiger charge is 2.76. The van der Waals surface area contributed by atoms with Crippen LogP contribution in [0.2, 0.25) is 0 Å². The lowest BCUT2D eigenvalue weighted by Crippen LogP contribution is -2.60. The monoisotopic (exact) mass is 534 g/mol. The number of imide groups is 2. The van der Waals surface area contributed by atoms with Gasteiger partial charge in [-0.05, 0) is 57.7 Å². The number of rotatable bonds is 2. The number of ether oxygens (including phenoxy) is 1. The molecule has 0 bridgehead atoms. The zero-order valence-electron chi connectivity index (χ0n) is 20.7. The molecule has 2 aliphatic heterocycles. The molecule has 2 heterocycles. The number of methoxy groups -OCH3 is 1. The summed E-state index contributed by atoms with van der Waals surface area (Å²) in [6.45, 7) is 5.40. The number of hydrogen-bond donors (Lipinski definition) is 1. The number of amides is 4. The first-order chi connectivity index (χ1) is 16.7.